The zero-order valence-electron chi connectivity index (χ0n) is 11.6. The Morgan fingerprint density at radius 2 is 2.16 bits per heavy atom. The van der Waals surface area contributed by atoms with E-state index < -0.39 is 0 Å². The van der Waals surface area contributed by atoms with Gasteiger partial charge in [-0.2, -0.15) is 0 Å². The van der Waals surface area contributed by atoms with E-state index in [1.807, 2.05) is 19.1 Å². The molecule has 0 unspecified atom stereocenters. The molecule has 2 aromatic heterocycles. The summed E-state index contributed by atoms with van der Waals surface area (Å²) < 4.78 is 7.05. The third kappa shape index (κ3) is 3.01. The molecule has 6 nitrogen and oxygen atoms in total. The van der Waals surface area contributed by atoms with Gasteiger partial charge in [0.05, 0.1) is 25.0 Å². The van der Waals surface area contributed by atoms with Gasteiger partial charge in [-0.15, -0.1) is 5.10 Å². The van der Waals surface area contributed by atoms with E-state index in [1.165, 1.54) is 0 Å². The van der Waals surface area contributed by atoms with Crippen LogP contribution >= 0.6 is 0 Å². The third-order valence-electron chi connectivity index (χ3n) is 2.88. The number of nitrogens with two attached hydrogens (primary N) is 1. The molecule has 0 atom stereocenters. The van der Waals surface area contributed by atoms with Crippen LogP contribution in [0.15, 0.2) is 12.1 Å². The minimum absolute atomic E-state index is 0.501. The van der Waals surface area contributed by atoms with Gasteiger partial charge in [-0.3, -0.25) is 4.98 Å². The average Bonchev–Trinajstić information content (AvgIpc) is 2.71. The zero-order chi connectivity index (χ0) is 13.8. The van der Waals surface area contributed by atoms with Crippen molar-refractivity contribution < 1.29 is 4.74 Å². The molecule has 0 radical (unpaired) electrons. The first-order chi connectivity index (χ1) is 9.13. The minimum Gasteiger partial charge on any atom is -0.497 e. The second-order valence-electron chi connectivity index (χ2n) is 4.47. The summed E-state index contributed by atoms with van der Waals surface area (Å²) >= 11 is 0. The van der Waals surface area contributed by atoms with Gasteiger partial charge in [0.15, 0.2) is 5.82 Å². The van der Waals surface area contributed by atoms with Crippen LogP contribution in [0.5, 0.6) is 5.75 Å². The molecule has 2 aromatic rings. The Kier molecular flexibility index (Phi) is 3.99. The quantitative estimate of drug-likeness (QED) is 0.883. The normalized spacial score (nSPS) is 10.7. The monoisotopic (exact) mass is 261 g/mol. The van der Waals surface area contributed by atoms with Gasteiger partial charge in [0.25, 0.3) is 0 Å². The van der Waals surface area contributed by atoms with E-state index in [2.05, 4.69) is 22.2 Å². The molecule has 6 heteroatoms. The fourth-order valence-corrected chi connectivity index (χ4v) is 2.02. The molecule has 0 aromatic carbocycles. The van der Waals surface area contributed by atoms with Crippen LogP contribution in [0.1, 0.15) is 30.4 Å². The maximum atomic E-state index is 5.83. The molecule has 0 bridgehead atoms. The van der Waals surface area contributed by atoms with E-state index in [4.69, 9.17) is 10.5 Å². The van der Waals surface area contributed by atoms with Crippen LogP contribution < -0.4 is 10.5 Å². The molecule has 2 heterocycles. The molecule has 0 saturated heterocycles. The van der Waals surface area contributed by atoms with Gasteiger partial charge in [-0.05, 0) is 13.3 Å². The predicted molar refractivity (Wildman–Crippen MR) is 73.1 cm³/mol. The molecule has 0 aliphatic carbocycles. The average molecular weight is 261 g/mol. The van der Waals surface area contributed by atoms with Gasteiger partial charge < -0.3 is 10.5 Å². The molecule has 0 aliphatic rings. The fraction of sp³-hybridized carbons (Fsp3) is 0.462. The first-order valence-electron chi connectivity index (χ1n) is 6.33. The lowest BCUT2D eigenvalue weighted by Crippen LogP contribution is -2.09. The van der Waals surface area contributed by atoms with E-state index in [0.29, 0.717) is 12.4 Å². The second-order valence-corrected chi connectivity index (χ2v) is 4.47. The van der Waals surface area contributed by atoms with Gasteiger partial charge in [-0.1, -0.05) is 18.6 Å². The van der Waals surface area contributed by atoms with Crippen molar-refractivity contribution in [1.29, 1.82) is 0 Å². The Balaban J connectivity index is 2.28. The Morgan fingerprint density at radius 3 is 2.84 bits per heavy atom. The first kappa shape index (κ1) is 13.3. The van der Waals surface area contributed by atoms with Gasteiger partial charge in [-0.25, -0.2) is 4.68 Å². The van der Waals surface area contributed by atoms with Gasteiger partial charge in [0, 0.05) is 17.8 Å². The van der Waals surface area contributed by atoms with E-state index in [1.54, 1.807) is 11.8 Å². The number of rotatable bonds is 5. The lowest BCUT2D eigenvalue weighted by atomic mass is 10.2. The molecule has 0 saturated carbocycles. The number of nitrogen functional groups attached to an aromatic ring is 1. The number of aromatic nitrogens is 4. The lowest BCUT2D eigenvalue weighted by Gasteiger charge is -2.08. The van der Waals surface area contributed by atoms with Gasteiger partial charge in [0.2, 0.25) is 0 Å². The van der Waals surface area contributed by atoms with Crippen molar-refractivity contribution >= 4 is 5.82 Å². The molecule has 102 valence electrons. The molecule has 19 heavy (non-hydrogen) atoms. The van der Waals surface area contributed by atoms with Crippen molar-refractivity contribution in [3.63, 3.8) is 0 Å². The highest BCUT2D eigenvalue weighted by molar-refractivity contribution is 5.34. The zero-order valence-corrected chi connectivity index (χ0v) is 11.6. The van der Waals surface area contributed by atoms with Crippen LogP contribution in [0, 0.1) is 6.92 Å². The first-order valence-corrected chi connectivity index (χ1v) is 6.33. The summed E-state index contributed by atoms with van der Waals surface area (Å²) in [5.74, 6) is 1.30. The second kappa shape index (κ2) is 5.69. The van der Waals surface area contributed by atoms with Crippen molar-refractivity contribution in [3.05, 3.63) is 29.2 Å². The van der Waals surface area contributed by atoms with E-state index in [-0.39, 0.29) is 0 Å². The number of aryl methyl sites for hydroxylation is 1. The van der Waals surface area contributed by atoms with Crippen molar-refractivity contribution in [2.45, 2.75) is 33.2 Å². The number of hydrogen-bond donors (Lipinski definition) is 1. The fourth-order valence-electron chi connectivity index (χ4n) is 2.02. The van der Waals surface area contributed by atoms with Crippen LogP contribution in [-0.4, -0.2) is 27.1 Å². The molecule has 0 amide bonds. The highest BCUT2D eigenvalue weighted by Gasteiger charge is 2.11. The SMILES string of the molecule is CCCc1c(N)nnn1Cc1cc(OC)cc(C)n1. The number of pyridine rings is 1. The topological polar surface area (TPSA) is 78.8 Å². The molecule has 0 spiro atoms. The van der Waals surface area contributed by atoms with Crippen molar-refractivity contribution in [2.75, 3.05) is 12.8 Å². The van der Waals surface area contributed by atoms with Crippen LogP contribution in [0.4, 0.5) is 5.82 Å². The van der Waals surface area contributed by atoms with Crippen molar-refractivity contribution in [1.82, 2.24) is 20.0 Å². The smallest absolute Gasteiger partial charge is 0.169 e. The van der Waals surface area contributed by atoms with Crippen LogP contribution in [0.3, 0.4) is 0 Å². The van der Waals surface area contributed by atoms with Crippen molar-refractivity contribution in [2.24, 2.45) is 0 Å². The molecule has 0 aliphatic heterocycles. The number of methoxy groups -OCH3 is 1. The summed E-state index contributed by atoms with van der Waals surface area (Å²) in [4.78, 5) is 4.48. The van der Waals surface area contributed by atoms with Crippen molar-refractivity contribution in [3.8, 4) is 5.75 Å². The Morgan fingerprint density at radius 1 is 1.37 bits per heavy atom. The van der Waals surface area contributed by atoms with Crippen LogP contribution in [-0.2, 0) is 13.0 Å². The highest BCUT2D eigenvalue weighted by atomic mass is 16.5. The minimum atomic E-state index is 0.501. The molecular formula is C13H19N5O. The Hall–Kier alpha value is -2.11. The number of hydrogen-bond acceptors (Lipinski definition) is 5. The summed E-state index contributed by atoms with van der Waals surface area (Å²) in [6.07, 6.45) is 1.87. The standard InChI is InChI=1S/C13H19N5O/c1-4-5-12-13(14)16-17-18(12)8-10-7-11(19-3)6-9(2)15-10/h6-7H,4-5,8,14H2,1-3H3. The van der Waals surface area contributed by atoms with E-state index in [0.717, 1.165) is 35.7 Å². The number of ether oxygens (including phenoxy) is 1. The Bertz CT molecular complexity index is 564. The predicted octanol–water partition coefficient (Wildman–Crippen LogP) is 1.57. The van der Waals surface area contributed by atoms with E-state index in [9.17, 15) is 0 Å². The van der Waals surface area contributed by atoms with Gasteiger partial charge >= 0.3 is 0 Å². The summed E-state index contributed by atoms with van der Waals surface area (Å²) in [7, 11) is 1.65. The maximum Gasteiger partial charge on any atom is 0.169 e. The number of anilines is 1. The Labute approximate surface area is 112 Å². The summed E-state index contributed by atoms with van der Waals surface area (Å²) in [5.41, 5.74) is 8.59. The van der Waals surface area contributed by atoms with Gasteiger partial charge in [0.1, 0.15) is 5.75 Å². The molecule has 2 rings (SSSR count). The molecule has 0 fully saturated rings. The third-order valence-corrected chi connectivity index (χ3v) is 2.88. The molecule has 2 N–H and O–H groups in total. The molecular weight excluding hydrogens is 242 g/mol. The van der Waals surface area contributed by atoms with E-state index >= 15 is 0 Å². The number of nitrogens with zero attached hydrogens (tertiary/aromatic N) is 4. The lowest BCUT2D eigenvalue weighted by molar-refractivity contribution is 0.412. The summed E-state index contributed by atoms with van der Waals surface area (Å²) in [6, 6.07) is 3.80. The summed E-state index contributed by atoms with van der Waals surface area (Å²) in [6.45, 7) is 4.59. The van der Waals surface area contributed by atoms with Crippen LogP contribution in [0.25, 0.3) is 0 Å². The van der Waals surface area contributed by atoms with Crippen LogP contribution in [0.2, 0.25) is 0 Å². The largest absolute Gasteiger partial charge is 0.497 e. The highest BCUT2D eigenvalue weighted by Crippen LogP contribution is 2.16. The summed E-state index contributed by atoms with van der Waals surface area (Å²) in [5, 5.41) is 8.00. The maximum absolute atomic E-state index is 5.83.